The molecule has 0 aliphatic carbocycles. The average molecular weight is 353 g/mol. The van der Waals surface area contributed by atoms with Crippen LogP contribution < -0.4 is 4.74 Å². The van der Waals surface area contributed by atoms with Gasteiger partial charge in [-0.15, -0.1) is 0 Å². The van der Waals surface area contributed by atoms with E-state index >= 15 is 0 Å². The maximum absolute atomic E-state index is 12.4. The van der Waals surface area contributed by atoms with Gasteiger partial charge >= 0.3 is 5.97 Å². The van der Waals surface area contributed by atoms with Gasteiger partial charge in [0.2, 0.25) is 0 Å². The van der Waals surface area contributed by atoms with E-state index in [0.717, 1.165) is 25.9 Å². The highest BCUT2D eigenvalue weighted by molar-refractivity contribution is 5.94. The first-order chi connectivity index (χ1) is 12.6. The van der Waals surface area contributed by atoms with Crippen LogP contribution in [0.1, 0.15) is 30.1 Å². The monoisotopic (exact) mass is 353 g/mol. The number of amides is 1. The lowest BCUT2D eigenvalue weighted by molar-refractivity contribution is -0.136. The normalized spacial score (nSPS) is 16.8. The first-order valence-corrected chi connectivity index (χ1v) is 8.90. The van der Waals surface area contributed by atoms with Crippen molar-refractivity contribution in [3.05, 3.63) is 60.2 Å². The third-order valence-corrected chi connectivity index (χ3v) is 4.41. The maximum atomic E-state index is 12.4. The number of hydrogen-bond donors (Lipinski definition) is 0. The number of piperidine rings is 1. The van der Waals surface area contributed by atoms with Gasteiger partial charge in [-0.25, -0.2) is 4.79 Å². The number of ether oxygens (including phenoxy) is 2. The van der Waals surface area contributed by atoms with E-state index in [1.807, 2.05) is 30.3 Å². The number of likely N-dealkylation sites (tertiary alicyclic amines) is 1. The van der Waals surface area contributed by atoms with Crippen molar-refractivity contribution < 1.29 is 19.1 Å². The second kappa shape index (κ2) is 8.52. The molecule has 0 saturated carbocycles. The Hall–Kier alpha value is -2.82. The molecule has 1 fully saturated rings. The quantitative estimate of drug-likeness (QED) is 0.765. The van der Waals surface area contributed by atoms with Crippen LogP contribution in [0.5, 0.6) is 11.5 Å². The number of nitrogens with zero attached hydrogens (tertiary/aromatic N) is 1. The number of esters is 1. The summed E-state index contributed by atoms with van der Waals surface area (Å²) in [5, 5.41) is 0. The summed E-state index contributed by atoms with van der Waals surface area (Å²) in [6.07, 6.45) is 2.13. The van der Waals surface area contributed by atoms with Crippen LogP contribution in [0.4, 0.5) is 0 Å². The minimum Gasteiger partial charge on any atom is -0.456 e. The fourth-order valence-electron chi connectivity index (χ4n) is 3.05. The number of benzene rings is 2. The van der Waals surface area contributed by atoms with Crippen LogP contribution in [-0.4, -0.2) is 36.5 Å². The summed E-state index contributed by atoms with van der Waals surface area (Å²) in [4.78, 5) is 26.5. The molecule has 0 spiro atoms. The second-order valence-corrected chi connectivity index (χ2v) is 6.57. The van der Waals surface area contributed by atoms with E-state index in [1.54, 1.807) is 29.2 Å². The van der Waals surface area contributed by atoms with E-state index in [1.165, 1.54) is 0 Å². The molecule has 3 rings (SSSR count). The lowest BCUT2D eigenvalue weighted by atomic mass is 10.0. The van der Waals surface area contributed by atoms with Crippen molar-refractivity contribution in [3.8, 4) is 11.5 Å². The zero-order valence-corrected chi connectivity index (χ0v) is 14.9. The Morgan fingerprint density at radius 3 is 2.58 bits per heavy atom. The summed E-state index contributed by atoms with van der Waals surface area (Å²) >= 11 is 0. The molecule has 136 valence electrons. The first kappa shape index (κ1) is 18.0. The molecule has 0 radical (unpaired) electrons. The fourth-order valence-corrected chi connectivity index (χ4v) is 3.05. The Kier molecular flexibility index (Phi) is 5.89. The van der Waals surface area contributed by atoms with Gasteiger partial charge in [-0.1, -0.05) is 37.3 Å². The zero-order chi connectivity index (χ0) is 18.4. The number of carbonyl (C=O) groups excluding carboxylic acids is 2. The van der Waals surface area contributed by atoms with Crippen LogP contribution in [0.2, 0.25) is 0 Å². The van der Waals surface area contributed by atoms with E-state index in [2.05, 4.69) is 6.92 Å². The molecule has 5 nitrogen and oxygen atoms in total. The summed E-state index contributed by atoms with van der Waals surface area (Å²) in [5.74, 6) is 0.818. The second-order valence-electron chi connectivity index (χ2n) is 6.57. The molecule has 1 atom stereocenters. The number of carbonyl (C=O) groups is 2. The van der Waals surface area contributed by atoms with Crippen LogP contribution in [0.15, 0.2) is 54.6 Å². The molecule has 2 aromatic carbocycles. The predicted octanol–water partition coefficient (Wildman–Crippen LogP) is 3.89. The molecule has 1 heterocycles. The molecular formula is C21H23NO4. The van der Waals surface area contributed by atoms with E-state index < -0.39 is 5.97 Å². The highest BCUT2D eigenvalue weighted by Gasteiger charge is 2.23. The Morgan fingerprint density at radius 1 is 1.08 bits per heavy atom. The molecule has 1 amide bonds. The van der Waals surface area contributed by atoms with Crippen molar-refractivity contribution in [2.24, 2.45) is 5.92 Å². The predicted molar refractivity (Wildman–Crippen MR) is 98.2 cm³/mol. The lowest BCUT2D eigenvalue weighted by Gasteiger charge is -2.30. The molecule has 1 aliphatic heterocycles. The smallest absolute Gasteiger partial charge is 0.342 e. The van der Waals surface area contributed by atoms with Gasteiger partial charge in [0.1, 0.15) is 17.1 Å². The third kappa shape index (κ3) is 4.63. The molecule has 5 heteroatoms. The SMILES string of the molecule is CC1CCCN(C(=O)COC(=O)c2ccccc2Oc2ccccc2)C1. The van der Waals surface area contributed by atoms with E-state index in [9.17, 15) is 9.59 Å². The van der Waals surface area contributed by atoms with Crippen LogP contribution in [-0.2, 0) is 9.53 Å². The Labute approximate surface area is 153 Å². The highest BCUT2D eigenvalue weighted by Crippen LogP contribution is 2.25. The molecular weight excluding hydrogens is 330 g/mol. The maximum Gasteiger partial charge on any atom is 0.342 e. The highest BCUT2D eigenvalue weighted by atomic mass is 16.5. The summed E-state index contributed by atoms with van der Waals surface area (Å²) < 4.78 is 11.0. The van der Waals surface area contributed by atoms with E-state index in [0.29, 0.717) is 23.0 Å². The minimum absolute atomic E-state index is 0.147. The van der Waals surface area contributed by atoms with Gasteiger partial charge in [0.05, 0.1) is 0 Å². The largest absolute Gasteiger partial charge is 0.456 e. The van der Waals surface area contributed by atoms with Gasteiger partial charge in [-0.2, -0.15) is 0 Å². The van der Waals surface area contributed by atoms with Gasteiger partial charge in [-0.3, -0.25) is 4.79 Å². The summed E-state index contributed by atoms with van der Waals surface area (Å²) in [6, 6.07) is 16.1. The number of hydrogen-bond acceptors (Lipinski definition) is 4. The number of para-hydroxylation sites is 2. The summed E-state index contributed by atoms with van der Waals surface area (Å²) in [5.41, 5.74) is 0.302. The Balaban J connectivity index is 1.62. The van der Waals surface area contributed by atoms with E-state index in [-0.39, 0.29) is 12.5 Å². The van der Waals surface area contributed by atoms with Gasteiger partial charge < -0.3 is 14.4 Å². The Bertz CT molecular complexity index is 760. The molecule has 1 unspecified atom stereocenters. The fraction of sp³-hybridized carbons (Fsp3) is 0.333. The van der Waals surface area contributed by atoms with Gasteiger partial charge in [0.15, 0.2) is 6.61 Å². The minimum atomic E-state index is -0.560. The first-order valence-electron chi connectivity index (χ1n) is 8.90. The van der Waals surface area contributed by atoms with Gasteiger partial charge in [-0.05, 0) is 43.0 Å². The topological polar surface area (TPSA) is 55.8 Å². The third-order valence-electron chi connectivity index (χ3n) is 4.41. The van der Waals surface area contributed by atoms with Crippen LogP contribution in [0.3, 0.4) is 0 Å². The van der Waals surface area contributed by atoms with Gasteiger partial charge in [0.25, 0.3) is 5.91 Å². The molecule has 0 bridgehead atoms. The van der Waals surface area contributed by atoms with Crippen LogP contribution >= 0.6 is 0 Å². The van der Waals surface area contributed by atoms with E-state index in [4.69, 9.17) is 9.47 Å². The molecule has 2 aromatic rings. The summed E-state index contributed by atoms with van der Waals surface area (Å²) in [6.45, 7) is 3.34. The van der Waals surface area contributed by atoms with Crippen LogP contribution in [0.25, 0.3) is 0 Å². The van der Waals surface area contributed by atoms with Crippen molar-refractivity contribution in [3.63, 3.8) is 0 Å². The molecule has 0 aromatic heterocycles. The average Bonchev–Trinajstić information content (AvgIpc) is 2.67. The lowest BCUT2D eigenvalue weighted by Crippen LogP contribution is -2.41. The van der Waals surface area contributed by atoms with Crippen molar-refractivity contribution in [2.45, 2.75) is 19.8 Å². The zero-order valence-electron chi connectivity index (χ0n) is 14.9. The van der Waals surface area contributed by atoms with Crippen molar-refractivity contribution in [1.82, 2.24) is 4.90 Å². The standard InChI is InChI=1S/C21H23NO4/c1-16-8-7-13-22(14-16)20(23)15-25-21(24)18-11-5-6-12-19(18)26-17-9-3-2-4-10-17/h2-6,9-12,16H,7-8,13-15H2,1H3. The summed E-state index contributed by atoms with van der Waals surface area (Å²) in [7, 11) is 0. The van der Waals surface area contributed by atoms with Crippen molar-refractivity contribution >= 4 is 11.9 Å². The van der Waals surface area contributed by atoms with Crippen molar-refractivity contribution in [1.29, 1.82) is 0 Å². The van der Waals surface area contributed by atoms with Crippen molar-refractivity contribution in [2.75, 3.05) is 19.7 Å². The van der Waals surface area contributed by atoms with Gasteiger partial charge in [0, 0.05) is 13.1 Å². The molecule has 0 N–H and O–H groups in total. The number of rotatable bonds is 5. The van der Waals surface area contributed by atoms with Crippen LogP contribution in [0, 0.1) is 5.92 Å². The Morgan fingerprint density at radius 2 is 1.81 bits per heavy atom. The molecule has 1 saturated heterocycles. The molecule has 26 heavy (non-hydrogen) atoms. The molecule has 1 aliphatic rings.